The zero-order chi connectivity index (χ0) is 17.2. The van der Waals surface area contributed by atoms with Crippen LogP contribution >= 0.6 is 11.3 Å². The van der Waals surface area contributed by atoms with E-state index in [9.17, 15) is 9.59 Å². The summed E-state index contributed by atoms with van der Waals surface area (Å²) in [6.45, 7) is 0.273. The molecule has 4 heteroatoms. The predicted octanol–water partition coefficient (Wildman–Crippen LogP) is 4.72. The summed E-state index contributed by atoms with van der Waals surface area (Å²) < 4.78 is 0. The maximum atomic E-state index is 12.3. The standard InChI is InChI=1S/C21H15NO2S/c23-20-18-8-1-2-9-19(18)21(24)22(20)11-4-6-15-5-3-7-16(13-15)17-10-12-25-14-17/h1-10,12-14H,11H2. The number of carbonyl (C=O) groups is 2. The van der Waals surface area contributed by atoms with Crippen LogP contribution in [0, 0.1) is 0 Å². The number of rotatable bonds is 4. The summed E-state index contributed by atoms with van der Waals surface area (Å²) in [6, 6.07) is 17.2. The summed E-state index contributed by atoms with van der Waals surface area (Å²) in [5.74, 6) is -0.449. The minimum Gasteiger partial charge on any atom is -0.270 e. The number of nitrogens with zero attached hydrogens (tertiary/aromatic N) is 1. The van der Waals surface area contributed by atoms with Gasteiger partial charge in [0.25, 0.3) is 11.8 Å². The van der Waals surface area contributed by atoms with Gasteiger partial charge in [0.05, 0.1) is 11.1 Å². The van der Waals surface area contributed by atoms with E-state index in [1.807, 2.05) is 24.3 Å². The van der Waals surface area contributed by atoms with E-state index in [1.165, 1.54) is 10.5 Å². The first kappa shape index (κ1) is 15.5. The van der Waals surface area contributed by atoms with E-state index in [1.54, 1.807) is 35.6 Å². The molecule has 3 aromatic rings. The van der Waals surface area contributed by atoms with Gasteiger partial charge < -0.3 is 0 Å². The minimum atomic E-state index is -0.225. The normalized spacial score (nSPS) is 13.7. The molecule has 122 valence electrons. The van der Waals surface area contributed by atoms with E-state index >= 15 is 0 Å². The Labute approximate surface area is 149 Å². The molecule has 0 spiro atoms. The molecule has 1 aliphatic heterocycles. The van der Waals surface area contributed by atoms with Crippen LogP contribution in [0.1, 0.15) is 26.3 Å². The van der Waals surface area contributed by atoms with E-state index in [0.717, 1.165) is 11.1 Å². The van der Waals surface area contributed by atoms with Crippen LogP contribution < -0.4 is 0 Å². The number of benzene rings is 2. The molecule has 2 aromatic carbocycles. The molecule has 25 heavy (non-hydrogen) atoms. The summed E-state index contributed by atoms with van der Waals surface area (Å²) >= 11 is 1.67. The maximum Gasteiger partial charge on any atom is 0.261 e. The first-order valence-corrected chi connectivity index (χ1v) is 8.93. The molecule has 0 saturated carbocycles. The minimum absolute atomic E-state index is 0.225. The van der Waals surface area contributed by atoms with Crippen molar-refractivity contribution in [3.63, 3.8) is 0 Å². The van der Waals surface area contributed by atoms with Gasteiger partial charge in [-0.3, -0.25) is 14.5 Å². The Bertz CT molecular complexity index is 938. The third-order valence-corrected chi connectivity index (χ3v) is 4.90. The molecule has 4 rings (SSSR count). The van der Waals surface area contributed by atoms with Gasteiger partial charge in [0.1, 0.15) is 0 Å². The lowest BCUT2D eigenvalue weighted by molar-refractivity contribution is 0.0672. The van der Waals surface area contributed by atoms with Crippen molar-refractivity contribution in [2.24, 2.45) is 0 Å². The van der Waals surface area contributed by atoms with Crippen LogP contribution in [-0.4, -0.2) is 23.3 Å². The number of carbonyl (C=O) groups excluding carboxylic acids is 2. The smallest absolute Gasteiger partial charge is 0.261 e. The molecule has 0 bridgehead atoms. The molecule has 0 fully saturated rings. The van der Waals surface area contributed by atoms with E-state index in [4.69, 9.17) is 0 Å². The second-order valence-electron chi connectivity index (χ2n) is 5.81. The van der Waals surface area contributed by atoms with Gasteiger partial charge in [0.15, 0.2) is 0 Å². The second-order valence-corrected chi connectivity index (χ2v) is 6.59. The summed E-state index contributed by atoms with van der Waals surface area (Å²) in [7, 11) is 0. The van der Waals surface area contributed by atoms with Crippen LogP contribution in [-0.2, 0) is 0 Å². The molecule has 1 aliphatic rings. The van der Waals surface area contributed by atoms with Crippen molar-refractivity contribution in [1.82, 2.24) is 4.90 Å². The summed E-state index contributed by atoms with van der Waals surface area (Å²) in [6.07, 6.45) is 3.80. The quantitative estimate of drug-likeness (QED) is 0.641. The van der Waals surface area contributed by atoms with Gasteiger partial charge in [-0.05, 0) is 51.7 Å². The van der Waals surface area contributed by atoms with Crippen molar-refractivity contribution >= 4 is 29.2 Å². The van der Waals surface area contributed by atoms with Crippen LogP contribution in [0.25, 0.3) is 17.2 Å². The van der Waals surface area contributed by atoms with Gasteiger partial charge in [-0.25, -0.2) is 0 Å². The number of thiophene rings is 1. The molecule has 3 nitrogen and oxygen atoms in total. The SMILES string of the molecule is O=C1c2ccccc2C(=O)N1CC=Cc1cccc(-c2ccsc2)c1. The summed E-state index contributed by atoms with van der Waals surface area (Å²) in [4.78, 5) is 25.9. The Morgan fingerprint density at radius 2 is 1.64 bits per heavy atom. The Morgan fingerprint density at radius 3 is 2.32 bits per heavy atom. The first-order valence-electron chi connectivity index (χ1n) is 7.98. The third kappa shape index (κ3) is 2.92. The number of imide groups is 1. The molecule has 0 N–H and O–H groups in total. The highest BCUT2D eigenvalue weighted by molar-refractivity contribution is 7.08. The molecule has 0 unspecified atom stereocenters. The van der Waals surface area contributed by atoms with E-state index < -0.39 is 0 Å². The van der Waals surface area contributed by atoms with Crippen molar-refractivity contribution in [3.05, 3.63) is 88.1 Å². The Kier molecular flexibility index (Phi) is 4.04. The lowest BCUT2D eigenvalue weighted by Gasteiger charge is -2.10. The fourth-order valence-electron chi connectivity index (χ4n) is 2.95. The number of hydrogen-bond acceptors (Lipinski definition) is 3. The fourth-order valence-corrected chi connectivity index (χ4v) is 3.61. The fraction of sp³-hybridized carbons (Fsp3) is 0.0476. The summed E-state index contributed by atoms with van der Waals surface area (Å²) in [5, 5.41) is 4.17. The van der Waals surface area contributed by atoms with E-state index in [-0.39, 0.29) is 18.4 Å². The second kappa shape index (κ2) is 6.49. The van der Waals surface area contributed by atoms with E-state index in [2.05, 4.69) is 29.0 Å². The van der Waals surface area contributed by atoms with Crippen LogP contribution in [0.4, 0.5) is 0 Å². The maximum absolute atomic E-state index is 12.3. The molecular formula is C21H15NO2S. The molecule has 2 amide bonds. The third-order valence-electron chi connectivity index (χ3n) is 4.22. The van der Waals surface area contributed by atoms with Gasteiger partial charge in [0.2, 0.25) is 0 Å². The van der Waals surface area contributed by atoms with Crippen LogP contribution in [0.3, 0.4) is 0 Å². The average Bonchev–Trinajstić information content (AvgIpc) is 3.26. The topological polar surface area (TPSA) is 37.4 Å². The van der Waals surface area contributed by atoms with Gasteiger partial charge in [0, 0.05) is 6.54 Å². The predicted molar refractivity (Wildman–Crippen MR) is 101 cm³/mol. The molecule has 0 atom stereocenters. The van der Waals surface area contributed by atoms with Crippen LogP contribution in [0.15, 0.2) is 71.4 Å². The largest absolute Gasteiger partial charge is 0.270 e. The van der Waals surface area contributed by atoms with Gasteiger partial charge in [-0.2, -0.15) is 11.3 Å². The van der Waals surface area contributed by atoms with Crippen LogP contribution in [0.2, 0.25) is 0 Å². The van der Waals surface area contributed by atoms with Crippen LogP contribution in [0.5, 0.6) is 0 Å². The zero-order valence-corrected chi connectivity index (χ0v) is 14.2. The van der Waals surface area contributed by atoms with Crippen molar-refractivity contribution in [1.29, 1.82) is 0 Å². The molecule has 0 radical (unpaired) electrons. The van der Waals surface area contributed by atoms with Crippen molar-refractivity contribution in [2.75, 3.05) is 6.54 Å². The highest BCUT2D eigenvalue weighted by atomic mass is 32.1. The highest BCUT2D eigenvalue weighted by Crippen LogP contribution is 2.24. The number of fused-ring (bicyclic) bond motifs is 1. The Morgan fingerprint density at radius 1 is 0.880 bits per heavy atom. The highest BCUT2D eigenvalue weighted by Gasteiger charge is 2.33. The summed E-state index contributed by atoms with van der Waals surface area (Å²) in [5.41, 5.74) is 4.37. The van der Waals surface area contributed by atoms with Crippen molar-refractivity contribution in [3.8, 4) is 11.1 Å². The lowest BCUT2D eigenvalue weighted by Crippen LogP contribution is -2.29. The zero-order valence-electron chi connectivity index (χ0n) is 13.4. The first-order chi connectivity index (χ1) is 12.2. The van der Waals surface area contributed by atoms with Gasteiger partial charge in [-0.15, -0.1) is 0 Å². The van der Waals surface area contributed by atoms with Gasteiger partial charge >= 0.3 is 0 Å². The molecule has 1 aromatic heterocycles. The van der Waals surface area contributed by atoms with E-state index in [0.29, 0.717) is 11.1 Å². The van der Waals surface area contributed by atoms with Crippen molar-refractivity contribution < 1.29 is 9.59 Å². The monoisotopic (exact) mass is 345 g/mol. The Hall–Kier alpha value is -2.98. The average molecular weight is 345 g/mol. The lowest BCUT2D eigenvalue weighted by atomic mass is 10.1. The number of hydrogen-bond donors (Lipinski definition) is 0. The molecular weight excluding hydrogens is 330 g/mol. The van der Waals surface area contributed by atoms with Gasteiger partial charge in [-0.1, -0.05) is 42.5 Å². The van der Waals surface area contributed by atoms with Crippen molar-refractivity contribution in [2.45, 2.75) is 0 Å². The molecule has 0 aliphatic carbocycles. The number of amides is 2. The molecule has 0 saturated heterocycles. The molecule has 2 heterocycles. The Balaban J connectivity index is 1.50.